The van der Waals surface area contributed by atoms with E-state index in [2.05, 4.69) is 9.71 Å². The van der Waals surface area contributed by atoms with Gasteiger partial charge in [-0.15, -0.1) is 0 Å². The molecule has 25 heavy (non-hydrogen) atoms. The van der Waals surface area contributed by atoms with Gasteiger partial charge in [-0.1, -0.05) is 6.07 Å². The topological polar surface area (TPSA) is 99.6 Å². The van der Waals surface area contributed by atoms with E-state index in [4.69, 9.17) is 0 Å². The third-order valence-electron chi connectivity index (χ3n) is 4.53. The van der Waals surface area contributed by atoms with Crippen LogP contribution in [0.2, 0.25) is 0 Å². The summed E-state index contributed by atoms with van der Waals surface area (Å²) in [4.78, 5) is 17.2. The van der Waals surface area contributed by atoms with E-state index in [-0.39, 0.29) is 6.04 Å². The maximum atomic E-state index is 12.6. The predicted octanol–water partition coefficient (Wildman–Crippen LogP) is 2.68. The molecule has 0 bridgehead atoms. The molecule has 2 heterocycles. The van der Waals surface area contributed by atoms with Crippen LogP contribution >= 0.6 is 0 Å². The number of pyridine rings is 1. The van der Waals surface area contributed by atoms with Crippen LogP contribution in [0.5, 0.6) is 0 Å². The van der Waals surface area contributed by atoms with Crippen molar-refractivity contribution in [1.29, 1.82) is 0 Å². The molecule has 140 valence electrons. The van der Waals surface area contributed by atoms with Gasteiger partial charge < -0.3 is 10.0 Å². The van der Waals surface area contributed by atoms with Gasteiger partial charge in [-0.3, -0.25) is 4.98 Å². The summed E-state index contributed by atoms with van der Waals surface area (Å²) < 4.78 is 27.0. The molecule has 8 heteroatoms. The lowest BCUT2D eigenvalue weighted by Crippen LogP contribution is -2.44. The van der Waals surface area contributed by atoms with Gasteiger partial charge >= 0.3 is 6.09 Å². The van der Waals surface area contributed by atoms with Gasteiger partial charge in [-0.25, -0.2) is 17.9 Å². The van der Waals surface area contributed by atoms with E-state index < -0.39 is 26.9 Å². The first-order valence-corrected chi connectivity index (χ1v) is 9.93. The number of hydrogen-bond acceptors (Lipinski definition) is 4. The summed E-state index contributed by atoms with van der Waals surface area (Å²) in [7, 11) is -3.59. The molecule has 1 aliphatic heterocycles. The van der Waals surface area contributed by atoms with E-state index in [9.17, 15) is 18.3 Å². The molecule has 1 aliphatic rings. The highest BCUT2D eigenvalue weighted by Gasteiger charge is 2.36. The van der Waals surface area contributed by atoms with Gasteiger partial charge in [0.2, 0.25) is 10.0 Å². The smallest absolute Gasteiger partial charge is 0.407 e. The Bertz CT molecular complexity index is 710. The molecule has 0 saturated carbocycles. The first kappa shape index (κ1) is 19.7. The van der Waals surface area contributed by atoms with Gasteiger partial charge in [0.15, 0.2) is 0 Å². The van der Waals surface area contributed by atoms with Crippen LogP contribution in [-0.2, 0) is 10.0 Å². The van der Waals surface area contributed by atoms with Gasteiger partial charge in [-0.2, -0.15) is 0 Å². The summed E-state index contributed by atoms with van der Waals surface area (Å²) in [6.45, 7) is 7.30. The van der Waals surface area contributed by atoms with E-state index in [1.54, 1.807) is 33.0 Å². The first-order chi connectivity index (χ1) is 11.5. The third-order valence-corrected chi connectivity index (χ3v) is 6.73. The molecule has 1 aromatic heterocycles. The molecule has 2 rings (SSSR count). The first-order valence-electron chi connectivity index (χ1n) is 8.45. The van der Waals surface area contributed by atoms with E-state index >= 15 is 0 Å². The van der Waals surface area contributed by atoms with Crippen molar-refractivity contribution in [3.8, 4) is 0 Å². The minimum Gasteiger partial charge on any atom is -0.465 e. The average Bonchev–Trinajstić information content (AvgIpc) is 2.94. The van der Waals surface area contributed by atoms with Crippen LogP contribution in [0.1, 0.15) is 57.3 Å². The predicted molar refractivity (Wildman–Crippen MR) is 95.9 cm³/mol. The minimum absolute atomic E-state index is 0.215. The monoisotopic (exact) mass is 369 g/mol. The van der Waals surface area contributed by atoms with Crippen molar-refractivity contribution in [3.63, 3.8) is 0 Å². The van der Waals surface area contributed by atoms with Gasteiger partial charge in [0.25, 0.3) is 0 Å². The van der Waals surface area contributed by atoms with E-state index in [1.807, 2.05) is 13.0 Å². The fraction of sp³-hybridized carbons (Fsp3) is 0.647. The average molecular weight is 369 g/mol. The van der Waals surface area contributed by atoms with Crippen molar-refractivity contribution >= 4 is 16.1 Å². The summed E-state index contributed by atoms with van der Waals surface area (Å²) in [6, 6.07) is 2.90. The van der Waals surface area contributed by atoms with Crippen molar-refractivity contribution in [3.05, 3.63) is 29.6 Å². The van der Waals surface area contributed by atoms with Crippen molar-refractivity contribution in [2.24, 2.45) is 0 Å². The zero-order valence-electron chi connectivity index (χ0n) is 15.2. The minimum atomic E-state index is -3.59. The largest absolute Gasteiger partial charge is 0.465 e. The molecular formula is C17H27N3O4S. The molecule has 7 nitrogen and oxygen atoms in total. The summed E-state index contributed by atoms with van der Waals surface area (Å²) in [6.07, 6.45) is 2.62. The Kier molecular flexibility index (Phi) is 5.73. The summed E-state index contributed by atoms with van der Waals surface area (Å²) >= 11 is 0. The van der Waals surface area contributed by atoms with Crippen molar-refractivity contribution in [2.45, 2.75) is 63.8 Å². The van der Waals surface area contributed by atoms with E-state index in [0.717, 1.165) is 18.4 Å². The summed E-state index contributed by atoms with van der Waals surface area (Å²) in [5, 5.41) is 9.34. The number of hydrogen-bond donors (Lipinski definition) is 2. The number of nitrogens with one attached hydrogen (secondary N) is 1. The SMILES string of the molecule is Cc1ccc([C@@H](C[C@H]2CCCN2C(=O)O)NS(=O)(=O)C(C)(C)C)nc1. The lowest BCUT2D eigenvalue weighted by Gasteiger charge is -2.29. The second kappa shape index (κ2) is 7.29. The van der Waals surface area contributed by atoms with Crippen molar-refractivity contribution in [1.82, 2.24) is 14.6 Å². The van der Waals surface area contributed by atoms with Gasteiger partial charge in [0.05, 0.1) is 16.5 Å². The molecule has 1 amide bonds. The Labute approximate surface area is 149 Å². The highest BCUT2D eigenvalue weighted by molar-refractivity contribution is 7.90. The van der Waals surface area contributed by atoms with E-state index in [1.165, 1.54) is 4.90 Å². The number of aromatic nitrogens is 1. The molecular weight excluding hydrogens is 342 g/mol. The van der Waals surface area contributed by atoms with Gasteiger partial charge in [-0.05, 0) is 58.6 Å². The van der Waals surface area contributed by atoms with Crippen LogP contribution < -0.4 is 4.72 Å². The normalized spacial score (nSPS) is 19.8. The van der Waals surface area contributed by atoms with Crippen LogP contribution in [0.3, 0.4) is 0 Å². The van der Waals surface area contributed by atoms with Crippen molar-refractivity contribution in [2.75, 3.05) is 6.54 Å². The maximum Gasteiger partial charge on any atom is 0.407 e. The fourth-order valence-electron chi connectivity index (χ4n) is 2.88. The van der Waals surface area contributed by atoms with E-state index in [0.29, 0.717) is 18.7 Å². The van der Waals surface area contributed by atoms with Crippen LogP contribution in [-0.4, -0.2) is 46.8 Å². The van der Waals surface area contributed by atoms with Gasteiger partial charge in [0.1, 0.15) is 0 Å². The number of sulfonamides is 1. The number of nitrogens with zero attached hydrogens (tertiary/aromatic N) is 2. The number of amides is 1. The molecule has 2 atom stereocenters. The van der Waals surface area contributed by atoms with Gasteiger partial charge in [0, 0.05) is 18.8 Å². The lowest BCUT2D eigenvalue weighted by atomic mass is 10.0. The van der Waals surface area contributed by atoms with Crippen LogP contribution in [0.4, 0.5) is 4.79 Å². The maximum absolute atomic E-state index is 12.6. The fourth-order valence-corrected chi connectivity index (χ4v) is 3.83. The third kappa shape index (κ3) is 4.70. The standard InChI is InChI=1S/C17H27N3O4S/c1-12-7-8-14(18-11-12)15(19-25(23,24)17(2,3)4)10-13-6-5-9-20(13)16(21)22/h7-8,11,13,15,19H,5-6,9-10H2,1-4H3,(H,21,22)/t13-,15-/m1/s1. The Morgan fingerprint density at radius 2 is 2.12 bits per heavy atom. The molecule has 0 aliphatic carbocycles. The molecule has 2 N–H and O–H groups in total. The Hall–Kier alpha value is -1.67. The molecule has 0 spiro atoms. The molecule has 0 radical (unpaired) electrons. The lowest BCUT2D eigenvalue weighted by molar-refractivity contribution is 0.136. The second-order valence-corrected chi connectivity index (χ2v) is 10.0. The van der Waals surface area contributed by atoms with Crippen LogP contribution in [0, 0.1) is 6.92 Å². The second-order valence-electron chi connectivity index (χ2n) is 7.55. The Balaban J connectivity index is 2.29. The van der Waals surface area contributed by atoms with Crippen molar-refractivity contribution < 1.29 is 18.3 Å². The van der Waals surface area contributed by atoms with Crippen LogP contribution in [0.25, 0.3) is 0 Å². The molecule has 1 saturated heterocycles. The number of rotatable bonds is 5. The highest BCUT2D eigenvalue weighted by atomic mass is 32.2. The Morgan fingerprint density at radius 3 is 2.64 bits per heavy atom. The molecule has 1 fully saturated rings. The summed E-state index contributed by atoms with van der Waals surface area (Å²) in [5.74, 6) is 0. The quantitative estimate of drug-likeness (QED) is 0.831. The number of aryl methyl sites for hydroxylation is 1. The zero-order chi connectivity index (χ0) is 18.8. The number of likely N-dealkylation sites (tertiary alicyclic amines) is 1. The molecule has 0 aromatic carbocycles. The Morgan fingerprint density at radius 1 is 1.44 bits per heavy atom. The van der Waals surface area contributed by atoms with Crippen LogP contribution in [0.15, 0.2) is 18.3 Å². The summed E-state index contributed by atoms with van der Waals surface area (Å²) in [5.41, 5.74) is 1.59. The number of carboxylic acid groups (broad SMARTS) is 1. The molecule has 1 aromatic rings. The molecule has 0 unspecified atom stereocenters. The zero-order valence-corrected chi connectivity index (χ0v) is 16.0. The highest BCUT2D eigenvalue weighted by Crippen LogP contribution is 2.29. The number of carbonyl (C=O) groups is 1.